The van der Waals surface area contributed by atoms with Crippen molar-refractivity contribution < 1.29 is 19.1 Å². The van der Waals surface area contributed by atoms with Crippen molar-refractivity contribution in [3.63, 3.8) is 0 Å². The van der Waals surface area contributed by atoms with Crippen molar-refractivity contribution in [3.8, 4) is 11.1 Å². The number of esters is 1. The third-order valence-corrected chi connectivity index (χ3v) is 5.87. The van der Waals surface area contributed by atoms with Crippen molar-refractivity contribution in [1.29, 1.82) is 0 Å². The minimum absolute atomic E-state index is 0.280. The highest BCUT2D eigenvalue weighted by Crippen LogP contribution is 2.20. The van der Waals surface area contributed by atoms with Crippen molar-refractivity contribution in [1.82, 2.24) is 5.32 Å². The van der Waals surface area contributed by atoms with Gasteiger partial charge in [-0.25, -0.2) is 4.79 Å². The summed E-state index contributed by atoms with van der Waals surface area (Å²) in [5, 5.41) is 5.68. The molecule has 4 aromatic rings. The van der Waals surface area contributed by atoms with Gasteiger partial charge in [0.1, 0.15) is 6.04 Å². The Bertz CT molecular complexity index is 1370. The lowest BCUT2D eigenvalue weighted by Crippen LogP contribution is -2.45. The second kappa shape index (κ2) is 11.7. The third-order valence-electron chi connectivity index (χ3n) is 5.87. The number of rotatable bonds is 8. The van der Waals surface area contributed by atoms with Gasteiger partial charge in [0.25, 0.3) is 5.91 Å². The monoisotopic (exact) mass is 493 g/mol. The Labute approximate surface area is 215 Å². The van der Waals surface area contributed by atoms with Gasteiger partial charge >= 0.3 is 5.97 Å². The van der Waals surface area contributed by atoms with Crippen LogP contribution >= 0.6 is 0 Å². The zero-order valence-electron chi connectivity index (χ0n) is 20.3. The molecule has 7 nitrogen and oxygen atoms in total. The molecule has 2 amide bonds. The van der Waals surface area contributed by atoms with E-state index in [1.54, 1.807) is 24.3 Å². The molecule has 0 saturated heterocycles. The lowest BCUT2D eigenvalue weighted by Gasteiger charge is -2.19. The number of nitrogen functional groups attached to an aromatic ring is 1. The van der Waals surface area contributed by atoms with Gasteiger partial charge in [-0.2, -0.15) is 0 Å². The van der Waals surface area contributed by atoms with Crippen molar-refractivity contribution in [2.24, 2.45) is 0 Å². The molecule has 0 radical (unpaired) electrons. The normalized spacial score (nSPS) is 11.3. The van der Waals surface area contributed by atoms with Crippen LogP contribution in [-0.4, -0.2) is 30.9 Å². The van der Waals surface area contributed by atoms with Crippen LogP contribution in [0.4, 0.5) is 11.4 Å². The molecule has 7 heteroatoms. The average Bonchev–Trinajstić information content (AvgIpc) is 2.94. The predicted molar refractivity (Wildman–Crippen MR) is 144 cm³/mol. The highest BCUT2D eigenvalue weighted by atomic mass is 16.5. The Morgan fingerprint density at radius 2 is 1.35 bits per heavy atom. The molecule has 0 aliphatic rings. The number of hydrogen-bond donors (Lipinski definition) is 3. The minimum atomic E-state index is -0.854. The highest BCUT2D eigenvalue weighted by Gasteiger charge is 2.22. The Kier molecular flexibility index (Phi) is 7.95. The second-order valence-corrected chi connectivity index (χ2v) is 8.47. The van der Waals surface area contributed by atoms with Crippen LogP contribution in [0.1, 0.15) is 26.3 Å². The lowest BCUT2D eigenvalue weighted by atomic mass is 10.00. The van der Waals surface area contributed by atoms with Crippen LogP contribution in [0, 0.1) is 0 Å². The molecule has 0 aliphatic heterocycles. The van der Waals surface area contributed by atoms with Gasteiger partial charge in [-0.15, -0.1) is 0 Å². The Morgan fingerprint density at radius 1 is 0.757 bits per heavy atom. The number of benzene rings is 4. The highest BCUT2D eigenvalue weighted by molar-refractivity contribution is 6.02. The Hall–Kier alpha value is -4.91. The summed E-state index contributed by atoms with van der Waals surface area (Å²) >= 11 is 0. The molecule has 0 fully saturated rings. The van der Waals surface area contributed by atoms with E-state index < -0.39 is 17.9 Å². The molecule has 4 N–H and O–H groups in total. The average molecular weight is 494 g/mol. The first-order valence-electron chi connectivity index (χ1n) is 11.7. The van der Waals surface area contributed by atoms with Crippen molar-refractivity contribution in [3.05, 3.63) is 120 Å². The second-order valence-electron chi connectivity index (χ2n) is 8.47. The molecule has 0 bridgehead atoms. The molecule has 0 aromatic heterocycles. The summed E-state index contributed by atoms with van der Waals surface area (Å²) < 4.78 is 4.70. The summed E-state index contributed by atoms with van der Waals surface area (Å²) in [6.07, 6.45) is 0.280. The van der Waals surface area contributed by atoms with Gasteiger partial charge in [-0.3, -0.25) is 9.59 Å². The van der Waals surface area contributed by atoms with E-state index in [1.165, 1.54) is 31.4 Å². The number of hydrogen-bond acceptors (Lipinski definition) is 5. The van der Waals surface area contributed by atoms with Gasteiger partial charge in [-0.1, -0.05) is 54.6 Å². The predicted octanol–water partition coefficient (Wildman–Crippen LogP) is 4.70. The van der Waals surface area contributed by atoms with E-state index in [2.05, 4.69) is 10.6 Å². The number of ether oxygens (including phenoxy) is 1. The molecule has 0 heterocycles. The number of nitrogens with two attached hydrogens (primary N) is 1. The quantitative estimate of drug-likeness (QED) is 0.243. The number of carbonyl (C=O) groups excluding carboxylic acids is 3. The maximum Gasteiger partial charge on any atom is 0.337 e. The molecule has 0 spiro atoms. The first-order chi connectivity index (χ1) is 17.9. The fraction of sp³-hybridized carbons (Fsp3) is 0.100. The molecule has 1 atom stereocenters. The van der Waals surface area contributed by atoms with Gasteiger partial charge in [0.15, 0.2) is 0 Å². The molecule has 37 heavy (non-hydrogen) atoms. The topological polar surface area (TPSA) is 111 Å². The fourth-order valence-corrected chi connectivity index (χ4v) is 3.82. The Morgan fingerprint density at radius 3 is 1.97 bits per heavy atom. The number of carbonyl (C=O) groups is 3. The maximum atomic E-state index is 13.2. The minimum Gasteiger partial charge on any atom is -0.465 e. The van der Waals surface area contributed by atoms with E-state index in [1.807, 2.05) is 54.6 Å². The van der Waals surface area contributed by atoms with Crippen molar-refractivity contribution in [2.45, 2.75) is 12.5 Å². The molecular formula is C30H27N3O4. The summed E-state index contributed by atoms with van der Waals surface area (Å²) in [5.41, 5.74) is 10.6. The lowest BCUT2D eigenvalue weighted by molar-refractivity contribution is -0.118. The summed E-state index contributed by atoms with van der Waals surface area (Å²) in [5.74, 6) is -1.29. The number of methoxy groups -OCH3 is 1. The molecule has 4 rings (SSSR count). The molecule has 0 aliphatic carbocycles. The van der Waals surface area contributed by atoms with Gasteiger partial charge in [-0.05, 0) is 65.2 Å². The summed E-state index contributed by atoms with van der Waals surface area (Å²) in [4.78, 5) is 37.9. The zero-order valence-corrected chi connectivity index (χ0v) is 20.3. The summed E-state index contributed by atoms with van der Waals surface area (Å²) in [6.45, 7) is 0. The van der Waals surface area contributed by atoms with Gasteiger partial charge < -0.3 is 21.1 Å². The molecule has 186 valence electrons. The van der Waals surface area contributed by atoms with Crippen LogP contribution in [0.15, 0.2) is 103 Å². The number of amides is 2. The van der Waals surface area contributed by atoms with Crippen LogP contribution in [0.25, 0.3) is 11.1 Å². The third kappa shape index (κ3) is 6.61. The van der Waals surface area contributed by atoms with Gasteiger partial charge in [0.2, 0.25) is 5.91 Å². The smallest absolute Gasteiger partial charge is 0.337 e. The molecule has 0 saturated carbocycles. The largest absolute Gasteiger partial charge is 0.465 e. The van der Waals surface area contributed by atoms with E-state index in [9.17, 15) is 14.4 Å². The van der Waals surface area contributed by atoms with Gasteiger partial charge in [0, 0.05) is 23.4 Å². The molecule has 0 unspecified atom stereocenters. The first-order valence-corrected chi connectivity index (χ1v) is 11.7. The summed E-state index contributed by atoms with van der Waals surface area (Å²) in [6, 6.07) is 29.8. The first kappa shape index (κ1) is 25.2. The van der Waals surface area contributed by atoms with E-state index in [0.29, 0.717) is 22.5 Å². The van der Waals surface area contributed by atoms with Crippen molar-refractivity contribution in [2.75, 3.05) is 18.2 Å². The van der Waals surface area contributed by atoms with Crippen LogP contribution < -0.4 is 16.4 Å². The number of anilines is 2. The SMILES string of the molecule is COC(=O)c1ccc(C(=O)N[C@@H](Cc2ccc(-c3ccccc3)cc2)C(=O)Nc2ccc(N)cc2)cc1. The van der Waals surface area contributed by atoms with E-state index in [-0.39, 0.29) is 12.3 Å². The van der Waals surface area contributed by atoms with Crippen LogP contribution in [0.5, 0.6) is 0 Å². The van der Waals surface area contributed by atoms with Crippen LogP contribution in [0.2, 0.25) is 0 Å². The van der Waals surface area contributed by atoms with E-state index in [0.717, 1.165) is 16.7 Å². The van der Waals surface area contributed by atoms with Crippen LogP contribution in [-0.2, 0) is 16.0 Å². The fourth-order valence-electron chi connectivity index (χ4n) is 3.82. The standard InChI is InChI=1S/C30H27N3O4/c1-37-30(36)24-13-11-23(12-14-24)28(34)33-27(29(35)32-26-17-15-25(31)16-18-26)19-20-7-9-22(10-8-20)21-5-3-2-4-6-21/h2-18,27H,19,31H2,1H3,(H,32,35)(H,33,34)/t27-/m0/s1. The summed E-state index contributed by atoms with van der Waals surface area (Å²) in [7, 11) is 1.29. The van der Waals surface area contributed by atoms with Crippen molar-refractivity contribution >= 4 is 29.2 Å². The van der Waals surface area contributed by atoms with Gasteiger partial charge in [0.05, 0.1) is 12.7 Å². The van der Waals surface area contributed by atoms with Crippen LogP contribution in [0.3, 0.4) is 0 Å². The Balaban J connectivity index is 1.53. The molecule has 4 aromatic carbocycles. The molecular weight excluding hydrogens is 466 g/mol. The van der Waals surface area contributed by atoms with E-state index >= 15 is 0 Å². The zero-order chi connectivity index (χ0) is 26.2. The maximum absolute atomic E-state index is 13.2. The van der Waals surface area contributed by atoms with E-state index in [4.69, 9.17) is 10.5 Å². The number of nitrogens with one attached hydrogen (secondary N) is 2.